The Labute approximate surface area is 141 Å². The Morgan fingerprint density at radius 3 is 2.77 bits per heavy atom. The average Bonchev–Trinajstić information content (AvgIpc) is 2.86. The quantitative estimate of drug-likeness (QED) is 0.849. The van der Waals surface area contributed by atoms with Crippen LogP contribution in [0.15, 0.2) is 46.7 Å². The molecule has 0 spiro atoms. The van der Waals surface area contributed by atoms with Crippen molar-refractivity contribution >= 4 is 35.8 Å². The van der Waals surface area contributed by atoms with Gasteiger partial charge in [0.05, 0.1) is 5.69 Å². The number of anilines is 1. The van der Waals surface area contributed by atoms with E-state index in [9.17, 15) is 4.79 Å². The number of aryl methyl sites for hydroxylation is 1. The fraction of sp³-hybridized carbons (Fsp3) is 0.333. The maximum atomic E-state index is 12.1. The number of benzene rings is 1. The van der Waals surface area contributed by atoms with Crippen LogP contribution >= 0.6 is 24.2 Å². The third-order valence-electron chi connectivity index (χ3n) is 3.08. The summed E-state index contributed by atoms with van der Waals surface area (Å²) in [7, 11) is 3.79. The lowest BCUT2D eigenvalue weighted by atomic mass is 10.1. The van der Waals surface area contributed by atoms with Crippen molar-refractivity contribution in [2.75, 3.05) is 18.9 Å². The molecule has 1 heterocycles. The number of carbonyl (C=O) groups excluding carboxylic acids is 1. The number of aromatic nitrogens is 2. The Hall–Kier alpha value is -1.50. The smallest absolute Gasteiger partial charge is 0.228 e. The summed E-state index contributed by atoms with van der Waals surface area (Å²) in [5, 5.41) is 6.89. The second kappa shape index (κ2) is 8.82. The van der Waals surface area contributed by atoms with Crippen molar-refractivity contribution in [1.82, 2.24) is 14.9 Å². The van der Waals surface area contributed by atoms with Gasteiger partial charge in [-0.2, -0.15) is 0 Å². The highest BCUT2D eigenvalue weighted by atomic mass is 35.5. The molecule has 0 saturated heterocycles. The van der Waals surface area contributed by atoms with Gasteiger partial charge in [-0.25, -0.2) is 4.98 Å². The first kappa shape index (κ1) is 18.5. The second-order valence-electron chi connectivity index (χ2n) is 4.87. The van der Waals surface area contributed by atoms with Gasteiger partial charge in [0, 0.05) is 36.8 Å². The molecule has 5 nitrogen and oxygen atoms in total. The number of imidazole rings is 1. The maximum absolute atomic E-state index is 12.1. The summed E-state index contributed by atoms with van der Waals surface area (Å²) >= 11 is 1.54. The van der Waals surface area contributed by atoms with E-state index in [1.54, 1.807) is 6.20 Å². The van der Waals surface area contributed by atoms with E-state index in [1.807, 2.05) is 56.0 Å². The van der Waals surface area contributed by atoms with Crippen molar-refractivity contribution in [1.29, 1.82) is 0 Å². The Bertz CT molecular complexity index is 617. The van der Waals surface area contributed by atoms with E-state index in [0.717, 1.165) is 15.7 Å². The molecule has 0 bridgehead atoms. The third kappa shape index (κ3) is 4.76. The minimum absolute atomic E-state index is 0. The summed E-state index contributed by atoms with van der Waals surface area (Å²) < 4.78 is 1.95. The van der Waals surface area contributed by atoms with Crippen molar-refractivity contribution in [3.8, 4) is 0 Å². The molecule has 1 atom stereocenters. The monoisotopic (exact) mass is 340 g/mol. The summed E-state index contributed by atoms with van der Waals surface area (Å²) in [6, 6.07) is 7.77. The summed E-state index contributed by atoms with van der Waals surface area (Å²) in [6.45, 7) is 2.56. The third-order valence-corrected chi connectivity index (χ3v) is 4.23. The molecule has 7 heteroatoms. The van der Waals surface area contributed by atoms with Crippen molar-refractivity contribution in [2.24, 2.45) is 13.0 Å². The number of hydrogen-bond acceptors (Lipinski definition) is 4. The summed E-state index contributed by atoms with van der Waals surface area (Å²) in [4.78, 5) is 17.4. The fourth-order valence-corrected chi connectivity index (χ4v) is 2.75. The lowest BCUT2D eigenvalue weighted by molar-refractivity contribution is -0.119. The van der Waals surface area contributed by atoms with Crippen LogP contribution in [0.2, 0.25) is 0 Å². The molecule has 22 heavy (non-hydrogen) atoms. The molecule has 2 rings (SSSR count). The van der Waals surface area contributed by atoms with E-state index in [-0.39, 0.29) is 24.2 Å². The zero-order chi connectivity index (χ0) is 15.2. The molecule has 1 unspecified atom stereocenters. The molecule has 120 valence electrons. The molecule has 1 aromatic heterocycles. The van der Waals surface area contributed by atoms with E-state index in [1.165, 1.54) is 11.8 Å². The van der Waals surface area contributed by atoms with Gasteiger partial charge in [0.25, 0.3) is 0 Å². The highest BCUT2D eigenvalue weighted by Crippen LogP contribution is 2.32. The number of nitrogens with zero attached hydrogens (tertiary/aromatic N) is 2. The molecule has 0 aliphatic heterocycles. The van der Waals surface area contributed by atoms with Gasteiger partial charge in [-0.05, 0) is 30.9 Å². The first-order chi connectivity index (χ1) is 10.1. The van der Waals surface area contributed by atoms with Crippen LogP contribution in [0.3, 0.4) is 0 Å². The van der Waals surface area contributed by atoms with E-state index >= 15 is 0 Å². The van der Waals surface area contributed by atoms with Gasteiger partial charge in [-0.3, -0.25) is 4.79 Å². The van der Waals surface area contributed by atoms with Gasteiger partial charge in [-0.1, -0.05) is 19.1 Å². The highest BCUT2D eigenvalue weighted by molar-refractivity contribution is 7.99. The van der Waals surface area contributed by atoms with Crippen molar-refractivity contribution in [3.63, 3.8) is 0 Å². The molecule has 1 aromatic carbocycles. The summed E-state index contributed by atoms with van der Waals surface area (Å²) in [5.41, 5.74) is 0.818. The van der Waals surface area contributed by atoms with Crippen molar-refractivity contribution in [2.45, 2.75) is 17.0 Å². The molecular weight excluding hydrogens is 320 g/mol. The number of hydrogen-bond donors (Lipinski definition) is 2. The van der Waals surface area contributed by atoms with Gasteiger partial charge < -0.3 is 15.2 Å². The molecule has 0 saturated carbocycles. The normalized spacial score (nSPS) is 11.6. The lowest BCUT2D eigenvalue weighted by Gasteiger charge is -2.14. The number of carbonyl (C=O) groups is 1. The van der Waals surface area contributed by atoms with E-state index < -0.39 is 0 Å². The van der Waals surface area contributed by atoms with Gasteiger partial charge in [0.15, 0.2) is 5.16 Å². The highest BCUT2D eigenvalue weighted by Gasteiger charge is 2.14. The molecule has 0 fully saturated rings. The number of rotatable bonds is 6. The standard InChI is InChI=1S/C15H20N4OS.ClH/c1-11(10-16-2)14(20)18-12-6-4-5-7-13(12)21-15-17-8-9-19(15)3;/h4-9,11,16H,10H2,1-3H3,(H,18,20);1H. The molecule has 0 radical (unpaired) electrons. The topological polar surface area (TPSA) is 59.0 Å². The van der Waals surface area contributed by atoms with Crippen molar-refractivity contribution in [3.05, 3.63) is 36.7 Å². The Kier molecular flexibility index (Phi) is 7.44. The molecule has 0 aliphatic carbocycles. The molecule has 2 aromatic rings. The predicted octanol–water partition coefficient (Wildman–Crippen LogP) is 2.79. The van der Waals surface area contributed by atoms with Crippen LogP contribution in [0.1, 0.15) is 6.92 Å². The number of amides is 1. The number of halogens is 1. The number of para-hydroxylation sites is 1. The van der Waals surface area contributed by atoms with Gasteiger partial charge in [0.1, 0.15) is 0 Å². The average molecular weight is 341 g/mol. The Balaban J connectivity index is 0.00000242. The van der Waals surface area contributed by atoms with Crippen molar-refractivity contribution < 1.29 is 4.79 Å². The Morgan fingerprint density at radius 1 is 1.41 bits per heavy atom. The zero-order valence-electron chi connectivity index (χ0n) is 12.9. The fourth-order valence-electron chi connectivity index (χ4n) is 1.86. The first-order valence-electron chi connectivity index (χ1n) is 6.81. The minimum Gasteiger partial charge on any atom is -0.329 e. The molecule has 0 aliphatic rings. The van der Waals surface area contributed by atoms with Crippen LogP contribution in [-0.4, -0.2) is 29.1 Å². The maximum Gasteiger partial charge on any atom is 0.228 e. The van der Waals surface area contributed by atoms with Gasteiger partial charge in [-0.15, -0.1) is 12.4 Å². The number of nitrogens with one attached hydrogen (secondary N) is 2. The van der Waals surface area contributed by atoms with Crippen LogP contribution < -0.4 is 10.6 Å². The van der Waals surface area contributed by atoms with Crippen LogP contribution in [0.4, 0.5) is 5.69 Å². The first-order valence-corrected chi connectivity index (χ1v) is 7.63. The molecule has 2 N–H and O–H groups in total. The summed E-state index contributed by atoms with van der Waals surface area (Å²) in [6.07, 6.45) is 3.66. The second-order valence-corrected chi connectivity index (χ2v) is 5.88. The van der Waals surface area contributed by atoms with Crippen LogP contribution in [0.25, 0.3) is 0 Å². The summed E-state index contributed by atoms with van der Waals surface area (Å²) in [5.74, 6) is -0.0709. The minimum atomic E-state index is -0.0822. The molecular formula is C15H21ClN4OS. The zero-order valence-corrected chi connectivity index (χ0v) is 14.5. The van der Waals surface area contributed by atoms with Crippen LogP contribution in [0, 0.1) is 5.92 Å². The molecule has 1 amide bonds. The largest absolute Gasteiger partial charge is 0.329 e. The van der Waals surface area contributed by atoms with Crippen LogP contribution in [-0.2, 0) is 11.8 Å². The SMILES string of the molecule is CNCC(C)C(=O)Nc1ccccc1Sc1nccn1C.Cl. The Morgan fingerprint density at radius 2 is 2.14 bits per heavy atom. The van der Waals surface area contributed by atoms with E-state index in [2.05, 4.69) is 15.6 Å². The van der Waals surface area contributed by atoms with Crippen LogP contribution in [0.5, 0.6) is 0 Å². The predicted molar refractivity (Wildman–Crippen MR) is 92.7 cm³/mol. The van der Waals surface area contributed by atoms with E-state index in [4.69, 9.17) is 0 Å². The van der Waals surface area contributed by atoms with Gasteiger partial charge in [0.2, 0.25) is 5.91 Å². The lowest BCUT2D eigenvalue weighted by Crippen LogP contribution is -2.28. The van der Waals surface area contributed by atoms with Gasteiger partial charge >= 0.3 is 0 Å². The van der Waals surface area contributed by atoms with E-state index in [0.29, 0.717) is 6.54 Å².